The number of nitro benzene ring substituents is 1. The van der Waals surface area contributed by atoms with E-state index in [1.54, 1.807) is 16.8 Å². The fraction of sp³-hybridized carbons (Fsp3) is 0. The number of nitrogens with zero attached hydrogens (tertiary/aromatic N) is 3. The molecule has 23 heavy (non-hydrogen) atoms. The molecule has 0 aliphatic rings. The Labute approximate surface area is 139 Å². The summed E-state index contributed by atoms with van der Waals surface area (Å²) in [6.45, 7) is 0. The van der Waals surface area contributed by atoms with E-state index < -0.39 is 4.92 Å². The number of hydrogen-bond donors (Lipinski definition) is 0. The average molecular weight is 372 g/mol. The number of non-ortho nitro benzene ring substituents is 1. The number of carbonyl (C=O) groups is 1. The summed E-state index contributed by atoms with van der Waals surface area (Å²) in [5.74, 6) is 0. The van der Waals surface area contributed by atoms with Gasteiger partial charge in [0.25, 0.3) is 5.69 Å². The molecule has 3 aromatic rings. The monoisotopic (exact) mass is 371 g/mol. The first-order valence-electron chi connectivity index (χ1n) is 6.65. The van der Waals surface area contributed by atoms with E-state index in [0.29, 0.717) is 27.7 Å². The quantitative estimate of drug-likeness (QED) is 0.394. The van der Waals surface area contributed by atoms with Crippen LogP contribution in [0.3, 0.4) is 0 Å². The zero-order chi connectivity index (χ0) is 16.4. The van der Waals surface area contributed by atoms with Gasteiger partial charge < -0.3 is 0 Å². The minimum absolute atomic E-state index is 0.0111. The second-order valence-corrected chi connectivity index (χ2v) is 5.47. The second-order valence-electron chi connectivity index (χ2n) is 4.72. The fourth-order valence-electron chi connectivity index (χ4n) is 2.21. The van der Waals surface area contributed by atoms with Gasteiger partial charge in [0.15, 0.2) is 6.29 Å². The van der Waals surface area contributed by atoms with Crippen LogP contribution in [0.4, 0.5) is 5.69 Å². The van der Waals surface area contributed by atoms with Crippen molar-refractivity contribution in [1.82, 2.24) is 9.78 Å². The van der Waals surface area contributed by atoms with Crippen LogP contribution in [0, 0.1) is 10.1 Å². The van der Waals surface area contributed by atoms with Crippen molar-refractivity contribution in [2.45, 2.75) is 0 Å². The summed E-state index contributed by atoms with van der Waals surface area (Å²) < 4.78 is 2.15. The third-order valence-electron chi connectivity index (χ3n) is 3.33. The Bertz CT molecular complexity index is 874. The van der Waals surface area contributed by atoms with Crippen molar-refractivity contribution in [1.29, 1.82) is 0 Å². The predicted molar refractivity (Wildman–Crippen MR) is 88.7 cm³/mol. The Morgan fingerprint density at radius 2 is 1.74 bits per heavy atom. The van der Waals surface area contributed by atoms with Crippen molar-refractivity contribution in [3.05, 3.63) is 74.9 Å². The van der Waals surface area contributed by atoms with E-state index in [2.05, 4.69) is 21.0 Å². The van der Waals surface area contributed by atoms with Gasteiger partial charge in [-0.25, -0.2) is 4.68 Å². The Morgan fingerprint density at radius 3 is 2.30 bits per heavy atom. The van der Waals surface area contributed by atoms with Gasteiger partial charge in [0.05, 0.1) is 16.2 Å². The van der Waals surface area contributed by atoms with Crippen LogP contribution < -0.4 is 0 Å². The predicted octanol–water partition coefficient (Wildman–Crippen LogP) is 4.02. The molecule has 0 spiro atoms. The van der Waals surface area contributed by atoms with Crippen molar-refractivity contribution in [3.63, 3.8) is 0 Å². The number of aldehydes is 1. The minimum atomic E-state index is -0.469. The van der Waals surface area contributed by atoms with Crippen LogP contribution in [0.1, 0.15) is 10.4 Å². The van der Waals surface area contributed by atoms with Crippen LogP contribution in [0.15, 0.2) is 59.2 Å². The third-order valence-corrected chi connectivity index (χ3v) is 4.10. The lowest BCUT2D eigenvalue weighted by Gasteiger charge is -2.02. The number of halogens is 1. The zero-order valence-electron chi connectivity index (χ0n) is 11.7. The lowest BCUT2D eigenvalue weighted by Crippen LogP contribution is -1.96. The molecule has 7 heteroatoms. The lowest BCUT2D eigenvalue weighted by atomic mass is 10.1. The molecule has 0 radical (unpaired) electrons. The molecule has 0 unspecified atom stereocenters. The van der Waals surface area contributed by atoms with Gasteiger partial charge in [-0.05, 0) is 40.2 Å². The summed E-state index contributed by atoms with van der Waals surface area (Å²) in [7, 11) is 0. The highest BCUT2D eigenvalue weighted by Gasteiger charge is 2.18. The van der Waals surface area contributed by atoms with E-state index >= 15 is 0 Å². The maximum absolute atomic E-state index is 11.4. The van der Waals surface area contributed by atoms with Gasteiger partial charge in [-0.15, -0.1) is 0 Å². The van der Waals surface area contributed by atoms with Crippen LogP contribution in [0.25, 0.3) is 16.9 Å². The molecule has 0 atom stereocenters. The molecule has 0 saturated heterocycles. The molecule has 0 saturated carbocycles. The first-order chi connectivity index (χ1) is 11.1. The summed E-state index contributed by atoms with van der Waals surface area (Å²) in [5, 5.41) is 15.2. The number of nitro groups is 1. The van der Waals surface area contributed by atoms with Gasteiger partial charge in [0.2, 0.25) is 0 Å². The van der Waals surface area contributed by atoms with Gasteiger partial charge in [-0.3, -0.25) is 14.9 Å². The molecular formula is C16H10BrN3O3. The maximum Gasteiger partial charge on any atom is 0.269 e. The normalized spacial score (nSPS) is 10.5. The Kier molecular flexibility index (Phi) is 4.03. The number of rotatable bonds is 4. The number of carbonyl (C=O) groups excluding carboxylic acids is 1. The number of aromatic nitrogens is 2. The number of para-hydroxylation sites is 1. The molecular weight excluding hydrogens is 362 g/mol. The summed E-state index contributed by atoms with van der Waals surface area (Å²) in [6.07, 6.45) is 0.716. The van der Waals surface area contributed by atoms with Crippen LogP contribution in [0.2, 0.25) is 0 Å². The average Bonchev–Trinajstić information content (AvgIpc) is 2.92. The topological polar surface area (TPSA) is 78.0 Å². The zero-order valence-corrected chi connectivity index (χ0v) is 13.3. The standard InChI is InChI=1S/C16H10BrN3O3/c17-16-14(10-21)15(11-6-8-13(9-7-11)20(22)23)18-19(16)12-4-2-1-3-5-12/h1-10H. The highest BCUT2D eigenvalue weighted by molar-refractivity contribution is 9.10. The molecule has 1 heterocycles. The van der Waals surface area contributed by atoms with Crippen molar-refractivity contribution >= 4 is 27.9 Å². The largest absolute Gasteiger partial charge is 0.298 e. The first-order valence-corrected chi connectivity index (χ1v) is 7.45. The van der Waals surface area contributed by atoms with Crippen LogP contribution >= 0.6 is 15.9 Å². The Morgan fingerprint density at radius 1 is 1.09 bits per heavy atom. The molecule has 0 bridgehead atoms. The molecule has 0 amide bonds. The maximum atomic E-state index is 11.4. The van der Waals surface area contributed by atoms with E-state index in [0.717, 1.165) is 5.69 Å². The van der Waals surface area contributed by atoms with E-state index in [1.165, 1.54) is 12.1 Å². The highest BCUT2D eigenvalue weighted by atomic mass is 79.9. The first kappa shape index (κ1) is 15.1. The van der Waals surface area contributed by atoms with Crippen molar-refractivity contribution in [2.75, 3.05) is 0 Å². The third kappa shape index (κ3) is 2.78. The summed E-state index contributed by atoms with van der Waals surface area (Å²) in [6, 6.07) is 15.3. The van der Waals surface area contributed by atoms with Gasteiger partial charge in [0.1, 0.15) is 10.3 Å². The van der Waals surface area contributed by atoms with E-state index in [1.807, 2.05) is 30.3 Å². The molecule has 0 aliphatic carbocycles. The molecule has 114 valence electrons. The molecule has 1 aromatic heterocycles. The smallest absolute Gasteiger partial charge is 0.269 e. The molecule has 0 N–H and O–H groups in total. The second kappa shape index (κ2) is 6.13. The number of hydrogen-bond acceptors (Lipinski definition) is 4. The number of benzene rings is 2. The van der Waals surface area contributed by atoms with Crippen molar-refractivity contribution in [3.8, 4) is 16.9 Å². The molecule has 0 fully saturated rings. The van der Waals surface area contributed by atoms with E-state index in [4.69, 9.17) is 0 Å². The summed E-state index contributed by atoms with van der Waals surface area (Å²) in [5.41, 5.74) is 2.28. The van der Waals surface area contributed by atoms with Gasteiger partial charge >= 0.3 is 0 Å². The van der Waals surface area contributed by atoms with Crippen LogP contribution in [-0.2, 0) is 0 Å². The highest BCUT2D eigenvalue weighted by Crippen LogP contribution is 2.30. The summed E-state index contributed by atoms with van der Waals surface area (Å²) in [4.78, 5) is 21.7. The lowest BCUT2D eigenvalue weighted by molar-refractivity contribution is -0.384. The fourth-order valence-corrected chi connectivity index (χ4v) is 2.77. The van der Waals surface area contributed by atoms with E-state index in [-0.39, 0.29) is 5.69 Å². The molecule has 0 aliphatic heterocycles. The van der Waals surface area contributed by atoms with Crippen molar-refractivity contribution < 1.29 is 9.72 Å². The van der Waals surface area contributed by atoms with E-state index in [9.17, 15) is 14.9 Å². The summed E-state index contributed by atoms with van der Waals surface area (Å²) >= 11 is 3.39. The molecule has 3 rings (SSSR count). The van der Waals surface area contributed by atoms with Crippen molar-refractivity contribution in [2.24, 2.45) is 0 Å². The van der Waals surface area contributed by atoms with Gasteiger partial charge in [-0.1, -0.05) is 18.2 Å². The van der Waals surface area contributed by atoms with Gasteiger partial charge in [-0.2, -0.15) is 5.10 Å². The Balaban J connectivity index is 2.13. The molecule has 2 aromatic carbocycles. The van der Waals surface area contributed by atoms with Crippen LogP contribution in [-0.4, -0.2) is 21.0 Å². The molecule has 6 nitrogen and oxygen atoms in total. The Hall–Kier alpha value is -2.80. The van der Waals surface area contributed by atoms with Crippen LogP contribution in [0.5, 0.6) is 0 Å². The minimum Gasteiger partial charge on any atom is -0.298 e. The van der Waals surface area contributed by atoms with Gasteiger partial charge in [0, 0.05) is 17.7 Å². The SMILES string of the molecule is O=Cc1c(-c2ccc([N+](=O)[O-])cc2)nn(-c2ccccc2)c1Br.